The van der Waals surface area contributed by atoms with Gasteiger partial charge in [-0.2, -0.15) is 0 Å². The minimum Gasteiger partial charge on any atom is -0.380 e. The maximum atomic E-state index is 6.18. The van der Waals surface area contributed by atoms with Gasteiger partial charge in [-0.25, -0.2) is 0 Å². The maximum absolute atomic E-state index is 6.18. The first-order valence-corrected chi connectivity index (χ1v) is 8.16. The molecule has 1 aromatic carbocycles. The summed E-state index contributed by atoms with van der Waals surface area (Å²) < 4.78 is 1.17. The summed E-state index contributed by atoms with van der Waals surface area (Å²) in [5.74, 6) is 0. The van der Waals surface area contributed by atoms with Gasteiger partial charge in [0.15, 0.2) is 0 Å². The molecule has 0 fully saturated rings. The zero-order valence-corrected chi connectivity index (χ0v) is 13.9. The summed E-state index contributed by atoms with van der Waals surface area (Å²) in [6.45, 7) is 2.91. The second-order valence-electron chi connectivity index (χ2n) is 4.46. The molecule has 0 radical (unpaired) electrons. The van der Waals surface area contributed by atoms with E-state index in [-0.39, 0.29) is 0 Å². The first-order valence-electron chi connectivity index (χ1n) is 6.17. The number of halogens is 2. The van der Waals surface area contributed by atoms with E-state index in [0.717, 1.165) is 23.1 Å². The Morgan fingerprint density at radius 2 is 2.20 bits per heavy atom. The third-order valence-corrected chi connectivity index (χ3v) is 5.52. The van der Waals surface area contributed by atoms with Crippen molar-refractivity contribution in [1.82, 2.24) is 4.98 Å². The van der Waals surface area contributed by atoms with Crippen molar-refractivity contribution >= 4 is 55.5 Å². The zero-order chi connectivity index (χ0) is 14.1. The molecule has 0 aliphatic carbocycles. The van der Waals surface area contributed by atoms with Crippen LogP contribution in [0, 0.1) is 6.92 Å². The van der Waals surface area contributed by atoms with Gasteiger partial charge in [-0.3, -0.25) is 4.98 Å². The van der Waals surface area contributed by atoms with Crippen LogP contribution >= 0.6 is 38.9 Å². The quantitative estimate of drug-likeness (QED) is 0.648. The fourth-order valence-electron chi connectivity index (χ4n) is 2.08. The lowest BCUT2D eigenvalue weighted by Crippen LogP contribution is -1.98. The summed E-state index contributed by atoms with van der Waals surface area (Å²) in [7, 11) is 0. The van der Waals surface area contributed by atoms with Gasteiger partial charge in [0, 0.05) is 38.0 Å². The summed E-state index contributed by atoms with van der Waals surface area (Å²) >= 11 is 11.5. The van der Waals surface area contributed by atoms with Crippen LogP contribution in [-0.4, -0.2) is 4.98 Å². The number of aromatic nitrogens is 1. The standard InChI is InChI=1S/C15H12BrClN2S/c1-9-12(16)7-10(20-9)8-19-14-5-4-13(17)15-11(14)3-2-6-18-15/h2-7,19H,8H2,1H3. The van der Waals surface area contributed by atoms with Gasteiger partial charge in [-0.1, -0.05) is 11.6 Å². The van der Waals surface area contributed by atoms with Crippen LogP contribution in [0.15, 0.2) is 41.0 Å². The molecule has 2 aromatic heterocycles. The van der Waals surface area contributed by atoms with Crippen molar-refractivity contribution in [2.24, 2.45) is 0 Å². The zero-order valence-electron chi connectivity index (χ0n) is 10.8. The number of fused-ring (bicyclic) bond motifs is 1. The van der Waals surface area contributed by atoms with Gasteiger partial charge in [0.2, 0.25) is 0 Å². The average molecular weight is 368 g/mol. The summed E-state index contributed by atoms with van der Waals surface area (Å²) in [6.07, 6.45) is 1.76. The minimum absolute atomic E-state index is 0.681. The molecule has 0 saturated heterocycles. The summed E-state index contributed by atoms with van der Waals surface area (Å²) in [6, 6.07) is 10.0. The molecule has 0 aliphatic heterocycles. The van der Waals surface area contributed by atoms with Crippen LogP contribution in [0.25, 0.3) is 10.9 Å². The number of nitrogens with zero attached hydrogens (tertiary/aromatic N) is 1. The molecule has 0 bridgehead atoms. The van der Waals surface area contributed by atoms with Crippen molar-refractivity contribution < 1.29 is 0 Å². The van der Waals surface area contributed by atoms with Gasteiger partial charge in [0.25, 0.3) is 0 Å². The molecule has 0 atom stereocenters. The van der Waals surface area contributed by atoms with E-state index in [0.29, 0.717) is 5.02 Å². The molecule has 20 heavy (non-hydrogen) atoms. The number of thiophene rings is 1. The molecular weight excluding hydrogens is 356 g/mol. The molecule has 0 unspecified atom stereocenters. The SMILES string of the molecule is Cc1sc(CNc2ccc(Cl)c3ncccc23)cc1Br. The normalized spacial score (nSPS) is 10.9. The molecule has 102 valence electrons. The Bertz CT molecular complexity index is 750. The van der Waals surface area contributed by atoms with Crippen molar-refractivity contribution in [2.45, 2.75) is 13.5 Å². The van der Waals surface area contributed by atoms with Crippen molar-refractivity contribution in [1.29, 1.82) is 0 Å². The van der Waals surface area contributed by atoms with Crippen LogP contribution in [0.4, 0.5) is 5.69 Å². The highest BCUT2D eigenvalue weighted by atomic mass is 79.9. The minimum atomic E-state index is 0.681. The molecule has 3 aromatic rings. The smallest absolute Gasteiger partial charge is 0.0908 e. The summed E-state index contributed by atoms with van der Waals surface area (Å²) in [5, 5.41) is 5.19. The molecule has 0 saturated carbocycles. The monoisotopic (exact) mass is 366 g/mol. The first-order chi connectivity index (χ1) is 9.65. The van der Waals surface area contributed by atoms with Crippen molar-refractivity contribution in [2.75, 3.05) is 5.32 Å². The Morgan fingerprint density at radius 3 is 2.95 bits per heavy atom. The van der Waals surface area contributed by atoms with E-state index in [2.05, 4.69) is 39.2 Å². The lowest BCUT2D eigenvalue weighted by molar-refractivity contribution is 1.20. The largest absolute Gasteiger partial charge is 0.380 e. The van der Waals surface area contributed by atoms with Crippen LogP contribution in [-0.2, 0) is 6.54 Å². The topological polar surface area (TPSA) is 24.9 Å². The number of rotatable bonds is 3. The van der Waals surface area contributed by atoms with E-state index in [1.807, 2.05) is 24.3 Å². The Morgan fingerprint density at radius 1 is 1.35 bits per heavy atom. The van der Waals surface area contributed by atoms with Crippen LogP contribution in [0.1, 0.15) is 9.75 Å². The van der Waals surface area contributed by atoms with Gasteiger partial charge in [-0.05, 0) is 53.2 Å². The lowest BCUT2D eigenvalue weighted by Gasteiger charge is -2.09. The van der Waals surface area contributed by atoms with E-state index in [1.54, 1.807) is 17.5 Å². The fraction of sp³-hybridized carbons (Fsp3) is 0.133. The Labute approximate surface area is 134 Å². The molecule has 0 spiro atoms. The van der Waals surface area contributed by atoms with Crippen LogP contribution in [0.2, 0.25) is 5.02 Å². The highest BCUT2D eigenvalue weighted by Gasteiger charge is 2.07. The number of nitrogens with one attached hydrogen (secondary N) is 1. The molecule has 2 nitrogen and oxygen atoms in total. The summed E-state index contributed by atoms with van der Waals surface area (Å²) in [4.78, 5) is 6.93. The third kappa shape index (κ3) is 2.68. The Balaban J connectivity index is 1.89. The number of aryl methyl sites for hydroxylation is 1. The fourth-order valence-corrected chi connectivity index (χ4v) is 3.83. The van der Waals surface area contributed by atoms with Gasteiger partial charge in [0.1, 0.15) is 0 Å². The van der Waals surface area contributed by atoms with Gasteiger partial charge >= 0.3 is 0 Å². The van der Waals surface area contributed by atoms with Gasteiger partial charge < -0.3 is 5.32 Å². The highest BCUT2D eigenvalue weighted by Crippen LogP contribution is 2.30. The average Bonchev–Trinajstić information content (AvgIpc) is 2.77. The van der Waals surface area contributed by atoms with Crippen molar-refractivity contribution in [3.63, 3.8) is 0 Å². The van der Waals surface area contributed by atoms with E-state index in [4.69, 9.17) is 11.6 Å². The van der Waals surface area contributed by atoms with Crippen molar-refractivity contribution in [3.05, 3.63) is 55.8 Å². The van der Waals surface area contributed by atoms with Gasteiger partial charge in [-0.15, -0.1) is 11.3 Å². The summed E-state index contributed by atoms with van der Waals surface area (Å²) in [5.41, 5.74) is 1.89. The third-order valence-electron chi connectivity index (χ3n) is 3.08. The molecule has 5 heteroatoms. The van der Waals surface area contributed by atoms with E-state index in [1.165, 1.54) is 14.2 Å². The van der Waals surface area contributed by atoms with Crippen LogP contribution < -0.4 is 5.32 Å². The Kier molecular flexibility index (Phi) is 3.96. The van der Waals surface area contributed by atoms with Gasteiger partial charge in [0.05, 0.1) is 10.5 Å². The molecule has 2 heterocycles. The molecule has 0 aliphatic rings. The maximum Gasteiger partial charge on any atom is 0.0908 e. The van der Waals surface area contributed by atoms with Crippen LogP contribution in [0.3, 0.4) is 0 Å². The number of pyridine rings is 1. The Hall–Kier alpha value is -1.10. The number of hydrogen-bond donors (Lipinski definition) is 1. The molecule has 0 amide bonds. The number of hydrogen-bond acceptors (Lipinski definition) is 3. The molecule has 3 rings (SSSR count). The molecule has 1 N–H and O–H groups in total. The second-order valence-corrected chi connectivity index (χ2v) is 7.07. The number of anilines is 1. The van der Waals surface area contributed by atoms with E-state index < -0.39 is 0 Å². The predicted octanol–water partition coefficient (Wildman–Crippen LogP) is 5.63. The lowest BCUT2D eigenvalue weighted by atomic mass is 10.2. The van der Waals surface area contributed by atoms with Crippen LogP contribution in [0.5, 0.6) is 0 Å². The predicted molar refractivity (Wildman–Crippen MR) is 90.8 cm³/mol. The van der Waals surface area contributed by atoms with E-state index >= 15 is 0 Å². The highest BCUT2D eigenvalue weighted by molar-refractivity contribution is 9.10. The van der Waals surface area contributed by atoms with Crippen molar-refractivity contribution in [3.8, 4) is 0 Å². The van der Waals surface area contributed by atoms with E-state index in [9.17, 15) is 0 Å². The number of benzene rings is 1. The molecular formula is C15H12BrClN2S. The first kappa shape index (κ1) is 13.9. The second kappa shape index (κ2) is 5.72.